The largest absolute Gasteiger partial charge is 0.373 e. The molecule has 0 fully saturated rings. The predicted octanol–water partition coefficient (Wildman–Crippen LogP) is -0.230. The third-order valence-electron chi connectivity index (χ3n) is 0. The van der Waals surface area contributed by atoms with Crippen molar-refractivity contribution >= 4 is 6.15 Å². The molecule has 2 N–H and O–H groups in total. The molecule has 0 radical (unpaired) electrons. The first-order chi connectivity index (χ1) is 3.15. The van der Waals surface area contributed by atoms with Crippen molar-refractivity contribution in [1.82, 2.24) is 0 Å². The summed E-state index contributed by atoms with van der Waals surface area (Å²) in [6.07, 6.45) is 0.250. The number of rotatable bonds is 0. The summed E-state index contributed by atoms with van der Waals surface area (Å²) < 4.78 is 0. The van der Waals surface area contributed by atoms with Gasteiger partial charge in [-0.3, -0.25) is 0 Å². The molecule has 0 aromatic carbocycles. The van der Waals surface area contributed by atoms with Gasteiger partial charge in [0, 0.05) is 0 Å². The second-order valence-electron chi connectivity index (χ2n) is 1.33. The lowest BCUT2D eigenvalue weighted by atomic mass is 10.5. The molecular formula is C4H9NO2. The lowest BCUT2D eigenvalue weighted by molar-refractivity contribution is -0.191. The van der Waals surface area contributed by atoms with Crippen LogP contribution in [0.1, 0.15) is 13.8 Å². The van der Waals surface area contributed by atoms with E-state index in [9.17, 15) is 0 Å². The van der Waals surface area contributed by atoms with E-state index in [1.165, 1.54) is 0 Å². The zero-order valence-electron chi connectivity index (χ0n) is 4.47. The maximum atomic E-state index is 8.12. The van der Waals surface area contributed by atoms with Gasteiger partial charge in [0.05, 0.1) is 0 Å². The fourth-order valence-corrected chi connectivity index (χ4v) is 0. The van der Waals surface area contributed by atoms with Crippen LogP contribution in [-0.4, -0.2) is 12.2 Å². The maximum absolute atomic E-state index is 8.12. The predicted molar refractivity (Wildman–Crippen MR) is 24.3 cm³/mol. The Kier molecular flexibility index (Phi) is 12.4. The number of carbonyl (C=O) groups excluding carboxylic acids is 2. The van der Waals surface area contributed by atoms with Crippen LogP contribution in [0.5, 0.6) is 0 Å². The van der Waals surface area contributed by atoms with Crippen LogP contribution in [0.25, 0.3) is 0 Å². The minimum Gasteiger partial charge on any atom is -0.328 e. The smallest absolute Gasteiger partial charge is 0.328 e. The molecule has 0 heterocycles. The van der Waals surface area contributed by atoms with Gasteiger partial charge in [-0.2, -0.15) is 9.59 Å². The molecule has 0 spiro atoms. The zero-order valence-corrected chi connectivity index (χ0v) is 4.47. The number of nitrogens with two attached hydrogens (primary N) is 1. The van der Waals surface area contributed by atoms with E-state index in [1.807, 2.05) is 13.8 Å². The Balaban J connectivity index is 0. The van der Waals surface area contributed by atoms with Gasteiger partial charge in [0.25, 0.3) is 0 Å². The molecule has 0 aliphatic carbocycles. The van der Waals surface area contributed by atoms with Crippen molar-refractivity contribution in [1.29, 1.82) is 0 Å². The van der Waals surface area contributed by atoms with Crippen LogP contribution in [0, 0.1) is 0 Å². The molecular weight excluding hydrogens is 94.0 g/mol. The number of hydrogen-bond donors (Lipinski definition) is 1. The van der Waals surface area contributed by atoms with Gasteiger partial charge in [-0.25, -0.2) is 0 Å². The summed E-state index contributed by atoms with van der Waals surface area (Å²) in [5.74, 6) is 0. The molecule has 0 aliphatic rings. The van der Waals surface area contributed by atoms with Crippen LogP contribution in [0.2, 0.25) is 0 Å². The molecule has 0 amide bonds. The normalized spacial score (nSPS) is 6.29. The van der Waals surface area contributed by atoms with Gasteiger partial charge < -0.3 is 5.73 Å². The Labute approximate surface area is 42.5 Å². The van der Waals surface area contributed by atoms with E-state index < -0.39 is 0 Å². The minimum absolute atomic E-state index is 0.250. The molecule has 3 heteroatoms. The van der Waals surface area contributed by atoms with E-state index in [0.29, 0.717) is 6.04 Å². The first-order valence-corrected chi connectivity index (χ1v) is 1.90. The SMILES string of the molecule is CC(C)N.O=C=O. The van der Waals surface area contributed by atoms with Gasteiger partial charge in [0.15, 0.2) is 0 Å². The summed E-state index contributed by atoms with van der Waals surface area (Å²) in [6.45, 7) is 3.89. The average molecular weight is 103 g/mol. The monoisotopic (exact) mass is 103 g/mol. The Morgan fingerprint density at radius 3 is 1.43 bits per heavy atom. The molecule has 0 unspecified atom stereocenters. The Morgan fingerprint density at radius 2 is 1.43 bits per heavy atom. The van der Waals surface area contributed by atoms with Crippen LogP contribution in [-0.2, 0) is 9.59 Å². The molecule has 7 heavy (non-hydrogen) atoms. The molecule has 0 bridgehead atoms. The van der Waals surface area contributed by atoms with Crippen LogP contribution < -0.4 is 5.73 Å². The van der Waals surface area contributed by atoms with Crippen LogP contribution in [0.15, 0.2) is 0 Å². The lowest BCUT2D eigenvalue weighted by Gasteiger charge is -1.81. The first kappa shape index (κ1) is 9.60. The summed E-state index contributed by atoms with van der Waals surface area (Å²) in [5, 5.41) is 0. The summed E-state index contributed by atoms with van der Waals surface area (Å²) >= 11 is 0. The van der Waals surface area contributed by atoms with Crippen molar-refractivity contribution in [2.75, 3.05) is 0 Å². The average Bonchev–Trinajstić information content (AvgIpc) is 1.33. The molecule has 0 saturated carbocycles. The molecule has 0 saturated heterocycles. The van der Waals surface area contributed by atoms with Crippen LogP contribution in [0.4, 0.5) is 0 Å². The van der Waals surface area contributed by atoms with Crippen molar-refractivity contribution in [3.05, 3.63) is 0 Å². The van der Waals surface area contributed by atoms with E-state index in [-0.39, 0.29) is 6.15 Å². The van der Waals surface area contributed by atoms with Crippen LogP contribution in [0.3, 0.4) is 0 Å². The molecule has 0 atom stereocenters. The Bertz CT molecular complexity index is 52.0. The van der Waals surface area contributed by atoms with Crippen molar-refractivity contribution in [3.8, 4) is 0 Å². The highest BCUT2D eigenvalue weighted by molar-refractivity contribution is 5.20. The molecule has 0 rings (SSSR count). The summed E-state index contributed by atoms with van der Waals surface area (Å²) in [5.41, 5.74) is 5.11. The summed E-state index contributed by atoms with van der Waals surface area (Å²) in [7, 11) is 0. The number of hydrogen-bond acceptors (Lipinski definition) is 3. The quantitative estimate of drug-likeness (QED) is 0.460. The van der Waals surface area contributed by atoms with Gasteiger partial charge in [-0.05, 0) is 6.04 Å². The van der Waals surface area contributed by atoms with Crippen molar-refractivity contribution in [2.24, 2.45) is 5.73 Å². The highest BCUT2D eigenvalue weighted by atomic mass is 16.2. The van der Waals surface area contributed by atoms with E-state index >= 15 is 0 Å². The standard InChI is InChI=1S/C3H9N.CO2/c1-3(2)4;2-1-3/h3H,4H2,1-2H3;. The summed E-state index contributed by atoms with van der Waals surface area (Å²) in [4.78, 5) is 16.2. The summed E-state index contributed by atoms with van der Waals surface area (Å²) in [6, 6.07) is 0.333. The van der Waals surface area contributed by atoms with E-state index in [2.05, 4.69) is 0 Å². The molecule has 0 aliphatic heterocycles. The fraction of sp³-hybridized carbons (Fsp3) is 0.750. The molecule has 0 aromatic heterocycles. The fourth-order valence-electron chi connectivity index (χ4n) is 0. The van der Waals surface area contributed by atoms with Gasteiger partial charge >= 0.3 is 6.15 Å². The lowest BCUT2D eigenvalue weighted by Crippen LogP contribution is -2.06. The zero-order chi connectivity index (χ0) is 6.28. The van der Waals surface area contributed by atoms with Gasteiger partial charge in [-0.1, -0.05) is 13.8 Å². The van der Waals surface area contributed by atoms with Crippen molar-refractivity contribution < 1.29 is 9.59 Å². The van der Waals surface area contributed by atoms with Gasteiger partial charge in [0.1, 0.15) is 0 Å². The van der Waals surface area contributed by atoms with Crippen LogP contribution >= 0.6 is 0 Å². The Hall–Kier alpha value is -0.660. The van der Waals surface area contributed by atoms with Gasteiger partial charge in [0.2, 0.25) is 0 Å². The first-order valence-electron chi connectivity index (χ1n) is 1.90. The van der Waals surface area contributed by atoms with Crippen molar-refractivity contribution in [2.45, 2.75) is 19.9 Å². The highest BCUT2D eigenvalue weighted by Gasteiger charge is 1.67. The Morgan fingerprint density at radius 1 is 1.43 bits per heavy atom. The second-order valence-corrected chi connectivity index (χ2v) is 1.33. The second kappa shape index (κ2) is 9.02. The van der Waals surface area contributed by atoms with Gasteiger partial charge in [-0.15, -0.1) is 0 Å². The highest BCUT2D eigenvalue weighted by Crippen LogP contribution is 1.58. The third kappa shape index (κ3) is 137. The molecule has 0 aromatic rings. The van der Waals surface area contributed by atoms with E-state index in [0.717, 1.165) is 0 Å². The maximum Gasteiger partial charge on any atom is 0.373 e. The topological polar surface area (TPSA) is 60.2 Å². The molecule has 42 valence electrons. The van der Waals surface area contributed by atoms with E-state index in [1.54, 1.807) is 0 Å². The minimum atomic E-state index is 0.250. The van der Waals surface area contributed by atoms with Crippen molar-refractivity contribution in [3.63, 3.8) is 0 Å². The third-order valence-corrected chi connectivity index (χ3v) is 0. The van der Waals surface area contributed by atoms with E-state index in [4.69, 9.17) is 15.3 Å². The molecule has 3 nitrogen and oxygen atoms in total.